The van der Waals surface area contributed by atoms with Gasteiger partial charge in [0.25, 0.3) is 5.56 Å². The number of carbonyl (C=O) groups is 1. The number of nitrogens with one attached hydrogen (secondary N) is 2. The molecule has 3 N–H and O–H groups in total. The summed E-state index contributed by atoms with van der Waals surface area (Å²) >= 11 is 0. The van der Waals surface area contributed by atoms with Gasteiger partial charge in [-0.2, -0.15) is 0 Å². The second-order valence-electron chi connectivity index (χ2n) is 7.40. The largest absolute Gasteiger partial charge is 0.394 e. The fourth-order valence-corrected chi connectivity index (χ4v) is 3.30. The van der Waals surface area contributed by atoms with Crippen LogP contribution in [0, 0.1) is 5.92 Å². The SMILES string of the molecule is CC(C)[C@@H](CO)NC(=O)[C@H](Cc1ccccc1)n1c(=O)[nH]c2ccccc2c1=O. The van der Waals surface area contributed by atoms with Crippen LogP contribution in [0.2, 0.25) is 0 Å². The van der Waals surface area contributed by atoms with Gasteiger partial charge in [-0.05, 0) is 23.6 Å². The molecule has 0 aliphatic carbocycles. The molecule has 1 aromatic heterocycles. The number of aliphatic hydroxyl groups excluding tert-OH is 1. The lowest BCUT2D eigenvalue weighted by Crippen LogP contribution is -2.49. The molecule has 1 amide bonds. The zero-order valence-corrected chi connectivity index (χ0v) is 16.5. The number of amides is 1. The van der Waals surface area contributed by atoms with Crippen LogP contribution in [0.4, 0.5) is 0 Å². The number of para-hydroxylation sites is 1. The van der Waals surface area contributed by atoms with E-state index in [1.54, 1.807) is 24.3 Å². The van der Waals surface area contributed by atoms with Crippen molar-refractivity contribution in [2.75, 3.05) is 6.61 Å². The molecule has 3 rings (SSSR count). The number of rotatable bonds is 7. The molecule has 2 atom stereocenters. The van der Waals surface area contributed by atoms with Crippen LogP contribution in [-0.2, 0) is 11.2 Å². The average molecular weight is 395 g/mol. The lowest BCUT2D eigenvalue weighted by atomic mass is 10.0. The van der Waals surface area contributed by atoms with E-state index < -0.39 is 29.2 Å². The normalized spacial score (nSPS) is 13.4. The van der Waals surface area contributed by atoms with Gasteiger partial charge >= 0.3 is 5.69 Å². The summed E-state index contributed by atoms with van der Waals surface area (Å²) in [6, 6.07) is 14.4. The van der Waals surface area contributed by atoms with Gasteiger partial charge in [0.15, 0.2) is 0 Å². The Kier molecular flexibility index (Phi) is 6.29. The zero-order chi connectivity index (χ0) is 21.0. The molecule has 29 heavy (non-hydrogen) atoms. The number of aromatic nitrogens is 2. The van der Waals surface area contributed by atoms with Gasteiger partial charge in [-0.25, -0.2) is 9.36 Å². The number of aromatic amines is 1. The van der Waals surface area contributed by atoms with Gasteiger partial charge in [0, 0.05) is 6.42 Å². The van der Waals surface area contributed by atoms with E-state index in [1.807, 2.05) is 44.2 Å². The Morgan fingerprint density at radius 1 is 1.07 bits per heavy atom. The third kappa shape index (κ3) is 4.46. The van der Waals surface area contributed by atoms with E-state index >= 15 is 0 Å². The third-order valence-corrected chi connectivity index (χ3v) is 5.05. The molecule has 152 valence electrons. The fourth-order valence-electron chi connectivity index (χ4n) is 3.30. The Morgan fingerprint density at radius 2 is 1.72 bits per heavy atom. The second kappa shape index (κ2) is 8.87. The summed E-state index contributed by atoms with van der Waals surface area (Å²) in [6.07, 6.45) is 0.171. The monoisotopic (exact) mass is 395 g/mol. The fraction of sp³-hybridized carbons (Fsp3) is 0.318. The summed E-state index contributed by atoms with van der Waals surface area (Å²) in [6.45, 7) is 3.52. The smallest absolute Gasteiger partial charge is 0.329 e. The third-order valence-electron chi connectivity index (χ3n) is 5.05. The van der Waals surface area contributed by atoms with Crippen LogP contribution in [0.15, 0.2) is 64.2 Å². The summed E-state index contributed by atoms with van der Waals surface area (Å²) in [7, 11) is 0. The summed E-state index contributed by atoms with van der Waals surface area (Å²) in [5, 5.41) is 12.7. The van der Waals surface area contributed by atoms with Gasteiger partial charge in [0.1, 0.15) is 6.04 Å². The van der Waals surface area contributed by atoms with Crippen LogP contribution in [0.3, 0.4) is 0 Å². The first-order chi connectivity index (χ1) is 13.9. The highest BCUT2D eigenvalue weighted by molar-refractivity contribution is 5.82. The lowest BCUT2D eigenvalue weighted by Gasteiger charge is -2.25. The minimum absolute atomic E-state index is 0.00654. The predicted octanol–water partition coefficient (Wildman–Crippen LogP) is 1.61. The standard InChI is InChI=1S/C22H25N3O4/c1-14(2)18(13-26)23-20(27)19(12-15-8-4-3-5-9-15)25-21(28)16-10-6-7-11-17(16)24-22(25)29/h3-11,14,18-19,26H,12-13H2,1-2H3,(H,23,27)(H,24,29)/t18-,19+/m1/s1. The van der Waals surface area contributed by atoms with Gasteiger partial charge in [0.05, 0.1) is 23.6 Å². The quantitative estimate of drug-likeness (QED) is 0.565. The first kappa shape index (κ1) is 20.5. The van der Waals surface area contributed by atoms with Crippen molar-refractivity contribution in [2.24, 2.45) is 5.92 Å². The van der Waals surface area contributed by atoms with Crippen molar-refractivity contribution in [1.29, 1.82) is 0 Å². The molecular weight excluding hydrogens is 370 g/mol. The summed E-state index contributed by atoms with van der Waals surface area (Å²) in [5.74, 6) is -0.489. The molecule has 0 aliphatic rings. The topological polar surface area (TPSA) is 104 Å². The number of benzene rings is 2. The Morgan fingerprint density at radius 3 is 2.38 bits per heavy atom. The first-order valence-corrected chi connectivity index (χ1v) is 9.61. The van der Waals surface area contributed by atoms with E-state index in [2.05, 4.69) is 10.3 Å². The van der Waals surface area contributed by atoms with Crippen molar-refractivity contribution < 1.29 is 9.90 Å². The van der Waals surface area contributed by atoms with Crippen molar-refractivity contribution in [3.8, 4) is 0 Å². The van der Waals surface area contributed by atoms with Gasteiger partial charge < -0.3 is 15.4 Å². The maximum absolute atomic E-state index is 13.1. The van der Waals surface area contributed by atoms with Gasteiger partial charge in [0.2, 0.25) is 5.91 Å². The van der Waals surface area contributed by atoms with Crippen LogP contribution in [0.5, 0.6) is 0 Å². The minimum atomic E-state index is -1.05. The Bertz CT molecular complexity index is 1100. The first-order valence-electron chi connectivity index (χ1n) is 9.61. The van der Waals surface area contributed by atoms with Gasteiger partial charge in [-0.15, -0.1) is 0 Å². The molecule has 0 saturated heterocycles. The van der Waals surface area contributed by atoms with E-state index in [0.29, 0.717) is 10.9 Å². The molecular formula is C22H25N3O4. The van der Waals surface area contributed by atoms with Crippen LogP contribution in [0.1, 0.15) is 25.5 Å². The van der Waals surface area contributed by atoms with Crippen molar-refractivity contribution in [1.82, 2.24) is 14.9 Å². The molecule has 0 spiro atoms. The maximum atomic E-state index is 13.1. The Balaban J connectivity index is 2.10. The summed E-state index contributed by atoms with van der Waals surface area (Å²) in [5.41, 5.74) is 0.0747. The van der Waals surface area contributed by atoms with Gasteiger partial charge in [-0.3, -0.25) is 9.59 Å². The van der Waals surface area contributed by atoms with Crippen molar-refractivity contribution in [2.45, 2.75) is 32.4 Å². The lowest BCUT2D eigenvalue weighted by molar-refractivity contribution is -0.125. The number of hydrogen-bond acceptors (Lipinski definition) is 4. The highest BCUT2D eigenvalue weighted by Gasteiger charge is 2.27. The highest BCUT2D eigenvalue weighted by Crippen LogP contribution is 2.14. The van der Waals surface area contributed by atoms with E-state index in [1.165, 1.54) is 0 Å². The Hall–Kier alpha value is -3.19. The van der Waals surface area contributed by atoms with Gasteiger partial charge in [-0.1, -0.05) is 56.3 Å². The summed E-state index contributed by atoms with van der Waals surface area (Å²) in [4.78, 5) is 41.7. The minimum Gasteiger partial charge on any atom is -0.394 e. The van der Waals surface area contributed by atoms with Crippen LogP contribution >= 0.6 is 0 Å². The molecule has 3 aromatic rings. The maximum Gasteiger partial charge on any atom is 0.329 e. The number of carbonyl (C=O) groups excluding carboxylic acids is 1. The number of aliphatic hydroxyl groups is 1. The molecule has 0 aliphatic heterocycles. The molecule has 0 saturated carbocycles. The molecule has 2 aromatic carbocycles. The van der Waals surface area contributed by atoms with Crippen LogP contribution in [0.25, 0.3) is 10.9 Å². The predicted molar refractivity (Wildman–Crippen MR) is 112 cm³/mol. The molecule has 7 nitrogen and oxygen atoms in total. The van der Waals surface area contributed by atoms with Crippen LogP contribution < -0.4 is 16.6 Å². The van der Waals surface area contributed by atoms with E-state index in [9.17, 15) is 19.5 Å². The molecule has 7 heteroatoms. The second-order valence-corrected chi connectivity index (χ2v) is 7.40. The van der Waals surface area contributed by atoms with Crippen molar-refractivity contribution in [3.63, 3.8) is 0 Å². The van der Waals surface area contributed by atoms with Crippen molar-refractivity contribution >= 4 is 16.8 Å². The number of H-pyrrole nitrogens is 1. The molecule has 0 unspecified atom stereocenters. The zero-order valence-electron chi connectivity index (χ0n) is 16.5. The van der Waals surface area contributed by atoms with Crippen molar-refractivity contribution in [3.05, 3.63) is 81.0 Å². The number of nitrogens with zero attached hydrogens (tertiary/aromatic N) is 1. The van der Waals surface area contributed by atoms with E-state index in [0.717, 1.165) is 10.1 Å². The Labute approximate surface area is 168 Å². The number of fused-ring (bicyclic) bond motifs is 1. The highest BCUT2D eigenvalue weighted by atomic mass is 16.3. The molecule has 1 heterocycles. The average Bonchev–Trinajstić information content (AvgIpc) is 2.71. The van der Waals surface area contributed by atoms with E-state index in [4.69, 9.17) is 0 Å². The molecule has 0 radical (unpaired) electrons. The number of hydrogen-bond donors (Lipinski definition) is 3. The molecule has 0 fully saturated rings. The van der Waals surface area contributed by atoms with Crippen LogP contribution in [-0.4, -0.2) is 33.2 Å². The summed E-state index contributed by atoms with van der Waals surface area (Å²) < 4.78 is 0.972. The van der Waals surface area contributed by atoms with E-state index in [-0.39, 0.29) is 18.9 Å². The molecule has 0 bridgehead atoms.